The van der Waals surface area contributed by atoms with E-state index >= 15 is 0 Å². The molecule has 2 aliphatic rings. The first-order chi connectivity index (χ1) is 15.6. The van der Waals surface area contributed by atoms with Crippen LogP contribution in [0, 0.1) is 5.92 Å². The minimum absolute atomic E-state index is 0.0882. The van der Waals surface area contributed by atoms with Crippen LogP contribution >= 0.6 is 11.3 Å². The lowest BCUT2D eigenvalue weighted by Crippen LogP contribution is -2.43. The zero-order valence-electron chi connectivity index (χ0n) is 18.1. The van der Waals surface area contributed by atoms with Crippen molar-refractivity contribution in [3.63, 3.8) is 0 Å². The Morgan fingerprint density at radius 2 is 1.94 bits per heavy atom. The van der Waals surface area contributed by atoms with Crippen LogP contribution in [0.25, 0.3) is 0 Å². The van der Waals surface area contributed by atoms with Gasteiger partial charge in [-0.2, -0.15) is 4.31 Å². The number of anilines is 1. The molecule has 0 unspecified atom stereocenters. The van der Waals surface area contributed by atoms with E-state index in [1.165, 1.54) is 43.2 Å². The van der Waals surface area contributed by atoms with E-state index in [9.17, 15) is 8.42 Å². The highest BCUT2D eigenvalue weighted by Gasteiger charge is 2.35. The minimum atomic E-state index is -3.60. The number of H-pyrrole nitrogens is 1. The molecular weight excluding hydrogens is 442 g/mol. The van der Waals surface area contributed by atoms with Gasteiger partial charge in [0.25, 0.3) is 10.0 Å². The number of thiazole rings is 1. The molecule has 1 aliphatic carbocycles. The zero-order valence-corrected chi connectivity index (χ0v) is 19.7. The van der Waals surface area contributed by atoms with E-state index in [1.54, 1.807) is 16.1 Å². The first-order valence-corrected chi connectivity index (χ1v) is 13.6. The molecule has 1 atom stereocenters. The average Bonchev–Trinajstić information content (AvgIpc) is 3.57. The van der Waals surface area contributed by atoms with Gasteiger partial charge in [0, 0.05) is 31.0 Å². The SMILES string of the molecule is O=S(=O)(c1cncs1)N1Cc2ccccc2N(Cc2cnc[nH]2)[C@@H](CCC2CCCC2)C1. The number of rotatable bonds is 7. The lowest BCUT2D eigenvalue weighted by molar-refractivity contribution is 0.351. The number of aromatic amines is 1. The standard InChI is InChI=1S/C23H29N5O2S2/c29-32(30,23-12-25-17-31-23)27-13-19-7-3-4-8-22(19)28(14-20-11-24-16-26-20)21(15-27)10-9-18-5-1-2-6-18/h3-4,7-8,11-12,16-18,21H,1-2,5-6,9-10,13-15H2,(H,24,26)/t21-/m0/s1. The molecule has 0 amide bonds. The van der Waals surface area contributed by atoms with E-state index in [2.05, 4.69) is 25.9 Å². The monoisotopic (exact) mass is 471 g/mol. The Morgan fingerprint density at radius 1 is 1.09 bits per heavy atom. The molecule has 1 N–H and O–H groups in total. The van der Waals surface area contributed by atoms with E-state index in [0.717, 1.165) is 35.7 Å². The summed E-state index contributed by atoms with van der Waals surface area (Å²) in [7, 11) is -3.60. The molecule has 1 fully saturated rings. The number of nitrogens with zero attached hydrogens (tertiary/aromatic N) is 4. The molecule has 1 aliphatic heterocycles. The highest BCUT2D eigenvalue weighted by atomic mass is 32.2. The lowest BCUT2D eigenvalue weighted by atomic mass is 9.97. The van der Waals surface area contributed by atoms with Crippen LogP contribution in [0.2, 0.25) is 0 Å². The second-order valence-corrected chi connectivity index (χ2v) is 11.9. The Hall–Kier alpha value is -2.23. The van der Waals surface area contributed by atoms with Gasteiger partial charge in [0.1, 0.15) is 0 Å². The van der Waals surface area contributed by atoms with Crippen LogP contribution in [0.15, 0.2) is 52.7 Å². The number of imidazole rings is 1. The number of hydrogen-bond donors (Lipinski definition) is 1. The molecule has 9 heteroatoms. The molecule has 7 nitrogen and oxygen atoms in total. The fraction of sp³-hybridized carbons (Fsp3) is 0.478. The predicted octanol–water partition coefficient (Wildman–Crippen LogP) is 4.42. The highest BCUT2D eigenvalue weighted by molar-refractivity contribution is 7.91. The van der Waals surface area contributed by atoms with Crippen molar-refractivity contribution in [2.45, 2.75) is 61.9 Å². The zero-order chi connectivity index (χ0) is 22.0. The Kier molecular flexibility index (Phi) is 6.30. The van der Waals surface area contributed by atoms with Gasteiger partial charge < -0.3 is 9.88 Å². The molecule has 3 heterocycles. The van der Waals surface area contributed by atoms with Crippen LogP contribution in [-0.2, 0) is 23.1 Å². The number of para-hydroxylation sites is 1. The van der Waals surface area contributed by atoms with E-state index in [1.807, 2.05) is 24.4 Å². The van der Waals surface area contributed by atoms with Crippen molar-refractivity contribution in [1.29, 1.82) is 0 Å². The first-order valence-electron chi connectivity index (χ1n) is 11.3. The van der Waals surface area contributed by atoms with E-state index in [4.69, 9.17) is 0 Å². The maximum absolute atomic E-state index is 13.5. The third kappa shape index (κ3) is 4.46. The van der Waals surface area contributed by atoms with Crippen molar-refractivity contribution in [2.75, 3.05) is 11.4 Å². The maximum atomic E-state index is 13.5. The number of fused-ring (bicyclic) bond motifs is 1. The normalized spacial score (nSPS) is 20.4. The highest BCUT2D eigenvalue weighted by Crippen LogP contribution is 2.36. The Morgan fingerprint density at radius 3 is 2.69 bits per heavy atom. The summed E-state index contributed by atoms with van der Waals surface area (Å²) in [5, 5.41) is 0. The number of sulfonamides is 1. The van der Waals surface area contributed by atoms with Crippen LogP contribution in [0.5, 0.6) is 0 Å². The molecule has 2 aromatic heterocycles. The van der Waals surface area contributed by atoms with Crippen LogP contribution in [0.3, 0.4) is 0 Å². The average molecular weight is 472 g/mol. The van der Waals surface area contributed by atoms with E-state index < -0.39 is 10.0 Å². The van der Waals surface area contributed by atoms with Crippen LogP contribution in [0.4, 0.5) is 5.69 Å². The van der Waals surface area contributed by atoms with Crippen LogP contribution in [-0.4, -0.2) is 40.3 Å². The lowest BCUT2D eigenvalue weighted by Gasteiger charge is -2.34. The van der Waals surface area contributed by atoms with Gasteiger partial charge in [-0.15, -0.1) is 11.3 Å². The Labute approximate surface area is 193 Å². The molecule has 170 valence electrons. The minimum Gasteiger partial charge on any atom is -0.361 e. The summed E-state index contributed by atoms with van der Waals surface area (Å²) in [6.45, 7) is 1.52. The van der Waals surface area contributed by atoms with Gasteiger partial charge in [0.15, 0.2) is 4.21 Å². The van der Waals surface area contributed by atoms with Crippen molar-refractivity contribution < 1.29 is 8.42 Å². The number of aromatic nitrogens is 3. The molecule has 5 rings (SSSR count). The van der Waals surface area contributed by atoms with Gasteiger partial charge in [-0.1, -0.05) is 43.9 Å². The van der Waals surface area contributed by atoms with Crippen molar-refractivity contribution in [3.05, 3.63) is 59.8 Å². The van der Waals surface area contributed by atoms with Crippen molar-refractivity contribution in [3.8, 4) is 0 Å². The molecule has 0 radical (unpaired) electrons. The van der Waals surface area contributed by atoms with Crippen LogP contribution in [0.1, 0.15) is 49.8 Å². The van der Waals surface area contributed by atoms with Gasteiger partial charge in [-0.05, 0) is 30.4 Å². The second kappa shape index (κ2) is 9.33. The fourth-order valence-electron chi connectivity index (χ4n) is 5.09. The number of hydrogen-bond acceptors (Lipinski definition) is 6. The molecule has 3 aromatic rings. The maximum Gasteiger partial charge on any atom is 0.254 e. The predicted molar refractivity (Wildman–Crippen MR) is 126 cm³/mol. The topological polar surface area (TPSA) is 82.2 Å². The number of nitrogens with one attached hydrogen (secondary N) is 1. The van der Waals surface area contributed by atoms with Crippen molar-refractivity contribution >= 4 is 27.0 Å². The second-order valence-electron chi connectivity index (χ2n) is 8.83. The van der Waals surface area contributed by atoms with E-state index in [-0.39, 0.29) is 6.04 Å². The van der Waals surface area contributed by atoms with Crippen molar-refractivity contribution in [1.82, 2.24) is 19.3 Å². The van der Waals surface area contributed by atoms with E-state index in [0.29, 0.717) is 23.8 Å². The molecule has 32 heavy (non-hydrogen) atoms. The summed E-state index contributed by atoms with van der Waals surface area (Å²) in [5.41, 5.74) is 4.76. The van der Waals surface area contributed by atoms with Gasteiger partial charge in [-0.3, -0.25) is 4.98 Å². The summed E-state index contributed by atoms with van der Waals surface area (Å²) in [6, 6.07) is 8.29. The van der Waals surface area contributed by atoms with Gasteiger partial charge in [0.2, 0.25) is 0 Å². The molecule has 1 saturated carbocycles. The van der Waals surface area contributed by atoms with Gasteiger partial charge >= 0.3 is 0 Å². The van der Waals surface area contributed by atoms with Gasteiger partial charge in [0.05, 0.1) is 30.3 Å². The fourth-order valence-corrected chi connectivity index (χ4v) is 7.50. The van der Waals surface area contributed by atoms with Crippen LogP contribution < -0.4 is 4.90 Å². The van der Waals surface area contributed by atoms with Crippen molar-refractivity contribution in [2.24, 2.45) is 5.92 Å². The number of benzene rings is 1. The first kappa shape index (κ1) is 21.6. The summed E-state index contributed by atoms with van der Waals surface area (Å²) >= 11 is 1.18. The molecule has 0 saturated heterocycles. The third-order valence-corrected chi connectivity index (χ3v) is 9.84. The molecule has 0 bridgehead atoms. The third-order valence-electron chi connectivity index (χ3n) is 6.79. The molecular formula is C23H29N5O2S2. The summed E-state index contributed by atoms with van der Waals surface area (Å²) in [4.78, 5) is 13.8. The summed E-state index contributed by atoms with van der Waals surface area (Å²) < 4.78 is 29.0. The smallest absolute Gasteiger partial charge is 0.254 e. The summed E-state index contributed by atoms with van der Waals surface area (Å²) in [6.07, 6.45) is 12.4. The Balaban J connectivity index is 1.51. The largest absolute Gasteiger partial charge is 0.361 e. The summed E-state index contributed by atoms with van der Waals surface area (Å²) in [5.74, 6) is 0.758. The quantitative estimate of drug-likeness (QED) is 0.552. The molecule has 0 spiro atoms. The molecule has 1 aromatic carbocycles. The Bertz CT molecular complexity index is 1110. The van der Waals surface area contributed by atoms with Gasteiger partial charge in [-0.25, -0.2) is 13.4 Å².